The van der Waals surface area contributed by atoms with Crippen LogP contribution in [-0.4, -0.2) is 30.8 Å². The molecule has 0 spiro atoms. The topological polar surface area (TPSA) is 58.6 Å². The highest BCUT2D eigenvalue weighted by molar-refractivity contribution is 5.77. The standard InChI is InChI=1S/C15H22FNO3/c1-3-15(4-2,11-18)10-17-14(19)9-20-13-7-5-6-12(16)8-13/h5-8,18H,3-4,9-11H2,1-2H3,(H,17,19). The Morgan fingerprint density at radius 3 is 2.65 bits per heavy atom. The molecule has 0 aliphatic heterocycles. The first-order valence-electron chi connectivity index (χ1n) is 6.81. The number of benzene rings is 1. The number of hydrogen-bond donors (Lipinski definition) is 2. The van der Waals surface area contributed by atoms with Gasteiger partial charge in [0.05, 0.1) is 6.61 Å². The molecule has 1 aromatic carbocycles. The fourth-order valence-electron chi connectivity index (χ4n) is 1.82. The minimum Gasteiger partial charge on any atom is -0.484 e. The lowest BCUT2D eigenvalue weighted by molar-refractivity contribution is -0.123. The fourth-order valence-corrected chi connectivity index (χ4v) is 1.82. The number of ether oxygens (including phenoxy) is 1. The molecule has 4 nitrogen and oxygen atoms in total. The van der Waals surface area contributed by atoms with E-state index in [2.05, 4.69) is 5.32 Å². The predicted octanol–water partition coefficient (Wildman–Crippen LogP) is 2.12. The Bertz CT molecular complexity index is 425. The highest BCUT2D eigenvalue weighted by Crippen LogP contribution is 2.24. The maximum atomic E-state index is 12.9. The quantitative estimate of drug-likeness (QED) is 0.768. The smallest absolute Gasteiger partial charge is 0.257 e. The lowest BCUT2D eigenvalue weighted by Crippen LogP contribution is -2.41. The van der Waals surface area contributed by atoms with Crippen molar-refractivity contribution in [2.45, 2.75) is 26.7 Å². The Morgan fingerprint density at radius 1 is 1.40 bits per heavy atom. The van der Waals surface area contributed by atoms with Gasteiger partial charge in [-0.15, -0.1) is 0 Å². The molecule has 0 saturated carbocycles. The molecule has 112 valence electrons. The number of halogens is 1. The van der Waals surface area contributed by atoms with Gasteiger partial charge in [0.2, 0.25) is 0 Å². The number of carbonyl (C=O) groups excluding carboxylic acids is 1. The van der Waals surface area contributed by atoms with Gasteiger partial charge in [-0.3, -0.25) is 4.79 Å². The summed E-state index contributed by atoms with van der Waals surface area (Å²) in [5.41, 5.74) is -0.283. The van der Waals surface area contributed by atoms with Crippen LogP contribution in [0.2, 0.25) is 0 Å². The summed E-state index contributed by atoms with van der Waals surface area (Å²) in [6.45, 7) is 4.23. The van der Waals surface area contributed by atoms with Crippen molar-refractivity contribution >= 4 is 5.91 Å². The molecule has 0 saturated heterocycles. The maximum absolute atomic E-state index is 12.9. The summed E-state index contributed by atoms with van der Waals surface area (Å²) in [5, 5.41) is 12.1. The zero-order chi connectivity index (χ0) is 15.0. The molecule has 5 heteroatoms. The number of aliphatic hydroxyl groups excluding tert-OH is 1. The normalized spacial score (nSPS) is 11.2. The van der Waals surface area contributed by atoms with E-state index in [0.29, 0.717) is 12.3 Å². The van der Waals surface area contributed by atoms with Crippen LogP contribution >= 0.6 is 0 Å². The minimum absolute atomic E-state index is 0.0328. The highest BCUT2D eigenvalue weighted by Gasteiger charge is 2.25. The molecular weight excluding hydrogens is 261 g/mol. The van der Waals surface area contributed by atoms with Crippen molar-refractivity contribution in [1.29, 1.82) is 0 Å². The second kappa shape index (κ2) is 7.85. The Balaban J connectivity index is 2.40. The van der Waals surface area contributed by atoms with Gasteiger partial charge in [-0.05, 0) is 25.0 Å². The van der Waals surface area contributed by atoms with Gasteiger partial charge < -0.3 is 15.2 Å². The van der Waals surface area contributed by atoms with E-state index < -0.39 is 5.82 Å². The molecule has 0 bridgehead atoms. The van der Waals surface area contributed by atoms with E-state index in [-0.39, 0.29) is 24.5 Å². The van der Waals surface area contributed by atoms with Crippen molar-refractivity contribution in [2.75, 3.05) is 19.8 Å². The Labute approximate surface area is 119 Å². The second-order valence-electron chi connectivity index (χ2n) is 4.89. The van der Waals surface area contributed by atoms with Crippen molar-refractivity contribution in [3.8, 4) is 5.75 Å². The van der Waals surface area contributed by atoms with E-state index in [1.807, 2.05) is 13.8 Å². The summed E-state index contributed by atoms with van der Waals surface area (Å²) in [5.74, 6) is -0.368. The highest BCUT2D eigenvalue weighted by atomic mass is 19.1. The molecule has 0 radical (unpaired) electrons. The number of hydrogen-bond acceptors (Lipinski definition) is 3. The lowest BCUT2D eigenvalue weighted by atomic mass is 9.83. The number of aliphatic hydroxyl groups is 1. The molecule has 20 heavy (non-hydrogen) atoms. The van der Waals surface area contributed by atoms with Crippen LogP contribution in [0.1, 0.15) is 26.7 Å². The monoisotopic (exact) mass is 283 g/mol. The summed E-state index contributed by atoms with van der Waals surface area (Å²) in [6.07, 6.45) is 1.57. The van der Waals surface area contributed by atoms with Gasteiger partial charge in [0.1, 0.15) is 11.6 Å². The van der Waals surface area contributed by atoms with E-state index in [0.717, 1.165) is 12.8 Å². The number of nitrogens with one attached hydrogen (secondary N) is 1. The van der Waals surface area contributed by atoms with E-state index >= 15 is 0 Å². The van der Waals surface area contributed by atoms with Gasteiger partial charge in [0.15, 0.2) is 6.61 Å². The third kappa shape index (κ3) is 4.81. The predicted molar refractivity (Wildman–Crippen MR) is 75.0 cm³/mol. The van der Waals surface area contributed by atoms with E-state index in [1.54, 1.807) is 6.07 Å². The van der Waals surface area contributed by atoms with Crippen LogP contribution in [0.15, 0.2) is 24.3 Å². The molecule has 0 fully saturated rings. The zero-order valence-corrected chi connectivity index (χ0v) is 12.0. The van der Waals surface area contributed by atoms with E-state index in [9.17, 15) is 14.3 Å². The summed E-state index contributed by atoms with van der Waals surface area (Å²) < 4.78 is 18.1. The molecular formula is C15H22FNO3. The first kappa shape index (κ1) is 16.4. The lowest BCUT2D eigenvalue weighted by Gasteiger charge is -2.29. The van der Waals surface area contributed by atoms with Crippen LogP contribution in [0, 0.1) is 11.2 Å². The van der Waals surface area contributed by atoms with Crippen LogP contribution in [0.4, 0.5) is 4.39 Å². The SMILES string of the molecule is CCC(CC)(CO)CNC(=O)COc1cccc(F)c1. The van der Waals surface area contributed by atoms with E-state index in [4.69, 9.17) is 4.74 Å². The number of rotatable bonds is 8. The number of amides is 1. The minimum atomic E-state index is -0.404. The Kier molecular flexibility index (Phi) is 6.45. The van der Waals surface area contributed by atoms with Crippen molar-refractivity contribution < 1.29 is 19.0 Å². The third-order valence-corrected chi connectivity index (χ3v) is 3.66. The van der Waals surface area contributed by atoms with Crippen LogP contribution < -0.4 is 10.1 Å². The molecule has 0 atom stereocenters. The molecule has 0 aromatic heterocycles. The molecule has 1 aromatic rings. The van der Waals surface area contributed by atoms with Crippen molar-refractivity contribution in [2.24, 2.45) is 5.41 Å². The van der Waals surface area contributed by atoms with Gasteiger partial charge in [0, 0.05) is 18.0 Å². The summed E-state index contributed by atoms with van der Waals surface area (Å²) in [4.78, 5) is 11.7. The van der Waals surface area contributed by atoms with Crippen molar-refractivity contribution in [3.05, 3.63) is 30.1 Å². The van der Waals surface area contributed by atoms with Crippen LogP contribution in [0.25, 0.3) is 0 Å². The van der Waals surface area contributed by atoms with Crippen LogP contribution in [0.3, 0.4) is 0 Å². The second-order valence-corrected chi connectivity index (χ2v) is 4.89. The third-order valence-electron chi connectivity index (χ3n) is 3.66. The van der Waals surface area contributed by atoms with Gasteiger partial charge in [-0.2, -0.15) is 0 Å². The van der Waals surface area contributed by atoms with Crippen LogP contribution in [0.5, 0.6) is 5.75 Å². The number of carbonyl (C=O) groups is 1. The zero-order valence-electron chi connectivity index (χ0n) is 12.0. The fraction of sp³-hybridized carbons (Fsp3) is 0.533. The molecule has 0 unspecified atom stereocenters. The Hall–Kier alpha value is -1.62. The van der Waals surface area contributed by atoms with E-state index in [1.165, 1.54) is 18.2 Å². The maximum Gasteiger partial charge on any atom is 0.257 e. The van der Waals surface area contributed by atoms with Gasteiger partial charge in [-0.25, -0.2) is 4.39 Å². The summed E-state index contributed by atoms with van der Waals surface area (Å²) in [7, 11) is 0. The van der Waals surface area contributed by atoms with Crippen LogP contribution in [-0.2, 0) is 4.79 Å². The van der Waals surface area contributed by atoms with Gasteiger partial charge >= 0.3 is 0 Å². The molecule has 1 rings (SSSR count). The molecule has 1 amide bonds. The van der Waals surface area contributed by atoms with Crippen molar-refractivity contribution in [1.82, 2.24) is 5.32 Å². The largest absolute Gasteiger partial charge is 0.484 e. The average Bonchev–Trinajstić information content (AvgIpc) is 2.47. The molecule has 0 heterocycles. The molecule has 0 aliphatic rings. The average molecular weight is 283 g/mol. The first-order valence-corrected chi connectivity index (χ1v) is 6.81. The molecule has 0 aliphatic carbocycles. The van der Waals surface area contributed by atoms with Gasteiger partial charge in [0.25, 0.3) is 5.91 Å². The summed E-state index contributed by atoms with van der Waals surface area (Å²) in [6, 6.07) is 5.65. The van der Waals surface area contributed by atoms with Crippen molar-refractivity contribution in [3.63, 3.8) is 0 Å². The first-order chi connectivity index (χ1) is 9.55. The summed E-state index contributed by atoms with van der Waals surface area (Å²) >= 11 is 0. The van der Waals surface area contributed by atoms with Gasteiger partial charge in [-0.1, -0.05) is 19.9 Å². The molecule has 2 N–H and O–H groups in total. The Morgan fingerprint density at radius 2 is 2.10 bits per heavy atom.